The van der Waals surface area contributed by atoms with Gasteiger partial charge in [0.2, 0.25) is 5.91 Å². The molecule has 0 unspecified atom stereocenters. The first kappa shape index (κ1) is 16.3. The third kappa shape index (κ3) is 2.83. The van der Waals surface area contributed by atoms with Crippen LogP contribution in [0.5, 0.6) is 0 Å². The molecule has 0 bridgehead atoms. The fourth-order valence-corrected chi connectivity index (χ4v) is 3.36. The molecule has 2 aromatic carbocycles. The molecule has 2 heterocycles. The fourth-order valence-electron chi connectivity index (χ4n) is 3.36. The van der Waals surface area contributed by atoms with Crippen molar-refractivity contribution < 1.29 is 9.59 Å². The van der Waals surface area contributed by atoms with Gasteiger partial charge in [-0.1, -0.05) is 23.8 Å². The molecule has 6 nitrogen and oxygen atoms in total. The van der Waals surface area contributed by atoms with Crippen LogP contribution in [0, 0.1) is 6.92 Å². The highest BCUT2D eigenvalue weighted by Crippen LogP contribution is 2.28. The Morgan fingerprint density at radius 1 is 1.15 bits per heavy atom. The normalized spacial score (nSPS) is 14.5. The van der Waals surface area contributed by atoms with Gasteiger partial charge in [-0.15, -0.1) is 0 Å². The number of carbonyl (C=O) groups is 2. The summed E-state index contributed by atoms with van der Waals surface area (Å²) in [6.07, 6.45) is 0. The standard InChI is InChI=1S/C20H20N4O2/c1-13-3-8-17-16(11-13)19(22-23(17)2)14-4-6-15(7-5-14)20(26)24-10-9-21-18(25)12-24/h3-8,11H,9-10,12H2,1-2H3,(H,21,25). The van der Waals surface area contributed by atoms with Gasteiger partial charge in [0.1, 0.15) is 5.69 Å². The van der Waals surface area contributed by atoms with Crippen molar-refractivity contribution >= 4 is 22.7 Å². The van der Waals surface area contributed by atoms with Crippen molar-refractivity contribution in [1.82, 2.24) is 20.0 Å². The molecule has 3 aromatic rings. The van der Waals surface area contributed by atoms with Crippen LogP contribution in [0.4, 0.5) is 0 Å². The zero-order valence-electron chi connectivity index (χ0n) is 14.8. The van der Waals surface area contributed by atoms with E-state index in [-0.39, 0.29) is 18.4 Å². The van der Waals surface area contributed by atoms with Gasteiger partial charge in [-0.3, -0.25) is 14.3 Å². The molecule has 1 N–H and O–H groups in total. The third-order valence-corrected chi connectivity index (χ3v) is 4.74. The van der Waals surface area contributed by atoms with Crippen LogP contribution < -0.4 is 5.32 Å². The van der Waals surface area contributed by atoms with Crippen LogP contribution >= 0.6 is 0 Å². The van der Waals surface area contributed by atoms with Gasteiger partial charge in [0.25, 0.3) is 5.91 Å². The van der Waals surface area contributed by atoms with Gasteiger partial charge in [-0.05, 0) is 31.2 Å². The van der Waals surface area contributed by atoms with Gasteiger partial charge in [0.05, 0.1) is 12.1 Å². The molecule has 0 aliphatic carbocycles. The molecule has 1 aliphatic heterocycles. The maximum Gasteiger partial charge on any atom is 0.254 e. The van der Waals surface area contributed by atoms with Crippen LogP contribution in [0.25, 0.3) is 22.2 Å². The number of hydrogen-bond donors (Lipinski definition) is 1. The second-order valence-electron chi connectivity index (χ2n) is 6.65. The Hall–Kier alpha value is -3.15. The monoisotopic (exact) mass is 348 g/mol. The van der Waals surface area contributed by atoms with Gasteiger partial charge >= 0.3 is 0 Å². The molecular formula is C20H20N4O2. The van der Waals surface area contributed by atoms with Crippen LogP contribution in [0.1, 0.15) is 15.9 Å². The number of hydrogen-bond acceptors (Lipinski definition) is 3. The molecule has 1 saturated heterocycles. The Kier molecular flexibility index (Phi) is 3.95. The van der Waals surface area contributed by atoms with E-state index in [0.717, 1.165) is 22.2 Å². The second-order valence-corrected chi connectivity index (χ2v) is 6.65. The summed E-state index contributed by atoms with van der Waals surface area (Å²) in [4.78, 5) is 25.6. The van der Waals surface area contributed by atoms with Crippen molar-refractivity contribution in [3.05, 3.63) is 53.6 Å². The summed E-state index contributed by atoms with van der Waals surface area (Å²) in [6.45, 7) is 3.22. The predicted octanol–water partition coefficient (Wildman–Crippen LogP) is 2.12. The second kappa shape index (κ2) is 6.29. The van der Waals surface area contributed by atoms with Crippen molar-refractivity contribution in [2.75, 3.05) is 19.6 Å². The summed E-state index contributed by atoms with van der Waals surface area (Å²) in [5.74, 6) is -0.232. The lowest BCUT2D eigenvalue weighted by Crippen LogP contribution is -2.49. The summed E-state index contributed by atoms with van der Waals surface area (Å²) in [5, 5.41) is 8.47. The highest BCUT2D eigenvalue weighted by Gasteiger charge is 2.22. The number of amides is 2. The topological polar surface area (TPSA) is 67.2 Å². The molecule has 6 heteroatoms. The highest BCUT2D eigenvalue weighted by molar-refractivity contribution is 5.98. The minimum atomic E-state index is -0.117. The first-order valence-electron chi connectivity index (χ1n) is 8.63. The Morgan fingerprint density at radius 3 is 2.65 bits per heavy atom. The number of rotatable bonds is 2. The van der Waals surface area contributed by atoms with Crippen molar-refractivity contribution in [3.8, 4) is 11.3 Å². The molecule has 26 heavy (non-hydrogen) atoms. The SMILES string of the molecule is Cc1ccc2c(c1)c(-c1ccc(C(=O)N3CCNC(=O)C3)cc1)nn2C. The van der Waals surface area contributed by atoms with Gasteiger partial charge in [0.15, 0.2) is 0 Å². The van der Waals surface area contributed by atoms with E-state index in [1.54, 1.807) is 17.0 Å². The number of fused-ring (bicyclic) bond motifs is 1. The zero-order chi connectivity index (χ0) is 18.3. The lowest BCUT2D eigenvalue weighted by atomic mass is 10.0. The fraction of sp³-hybridized carbons (Fsp3) is 0.250. The smallest absolute Gasteiger partial charge is 0.254 e. The molecule has 0 atom stereocenters. The summed E-state index contributed by atoms with van der Waals surface area (Å²) in [6, 6.07) is 13.7. The first-order valence-corrected chi connectivity index (χ1v) is 8.63. The van der Waals surface area contributed by atoms with Crippen molar-refractivity contribution in [2.24, 2.45) is 7.05 Å². The average Bonchev–Trinajstić information content (AvgIpc) is 2.97. The summed E-state index contributed by atoms with van der Waals surface area (Å²) in [7, 11) is 1.93. The molecule has 1 aromatic heterocycles. The summed E-state index contributed by atoms with van der Waals surface area (Å²) in [5.41, 5.74) is 4.71. The van der Waals surface area contributed by atoms with E-state index >= 15 is 0 Å². The van der Waals surface area contributed by atoms with Crippen LogP contribution in [-0.2, 0) is 11.8 Å². The zero-order valence-corrected chi connectivity index (χ0v) is 14.8. The van der Waals surface area contributed by atoms with Crippen molar-refractivity contribution in [1.29, 1.82) is 0 Å². The van der Waals surface area contributed by atoms with Crippen LogP contribution in [0.3, 0.4) is 0 Å². The molecule has 0 spiro atoms. The molecule has 132 valence electrons. The number of benzene rings is 2. The largest absolute Gasteiger partial charge is 0.353 e. The van der Waals surface area contributed by atoms with Crippen molar-refractivity contribution in [3.63, 3.8) is 0 Å². The molecule has 1 aliphatic rings. The Labute approximate surface area is 151 Å². The number of piperazine rings is 1. The molecule has 1 fully saturated rings. The summed E-state index contributed by atoms with van der Waals surface area (Å²) >= 11 is 0. The number of nitrogens with one attached hydrogen (secondary N) is 1. The Bertz CT molecular complexity index is 1000. The molecule has 0 radical (unpaired) electrons. The highest BCUT2D eigenvalue weighted by atomic mass is 16.2. The first-order chi connectivity index (χ1) is 12.5. The lowest BCUT2D eigenvalue weighted by Gasteiger charge is -2.26. The molecule has 0 saturated carbocycles. The minimum absolute atomic E-state index is 0.114. The van der Waals surface area contributed by atoms with Crippen LogP contribution in [0.2, 0.25) is 0 Å². The van der Waals surface area contributed by atoms with Gasteiger partial charge in [-0.2, -0.15) is 5.10 Å². The Balaban J connectivity index is 1.65. The van der Waals surface area contributed by atoms with Gasteiger partial charge in [-0.25, -0.2) is 0 Å². The molecule has 4 rings (SSSR count). The number of aryl methyl sites for hydroxylation is 2. The maximum absolute atomic E-state index is 12.6. The van der Waals surface area contributed by atoms with E-state index in [4.69, 9.17) is 0 Å². The maximum atomic E-state index is 12.6. The van der Waals surface area contributed by atoms with E-state index in [9.17, 15) is 9.59 Å². The summed E-state index contributed by atoms with van der Waals surface area (Å²) < 4.78 is 1.87. The van der Waals surface area contributed by atoms with E-state index in [2.05, 4.69) is 35.5 Å². The van der Waals surface area contributed by atoms with Crippen LogP contribution in [0.15, 0.2) is 42.5 Å². The predicted molar refractivity (Wildman–Crippen MR) is 99.8 cm³/mol. The Morgan fingerprint density at radius 2 is 1.92 bits per heavy atom. The number of carbonyl (C=O) groups excluding carboxylic acids is 2. The van der Waals surface area contributed by atoms with Gasteiger partial charge in [0, 0.05) is 36.7 Å². The molecular weight excluding hydrogens is 328 g/mol. The average molecular weight is 348 g/mol. The van der Waals surface area contributed by atoms with E-state index in [1.807, 2.05) is 23.9 Å². The van der Waals surface area contributed by atoms with Gasteiger partial charge < -0.3 is 10.2 Å². The quantitative estimate of drug-likeness (QED) is 0.771. The van der Waals surface area contributed by atoms with Crippen LogP contribution in [-0.4, -0.2) is 46.1 Å². The molecule has 2 amide bonds. The third-order valence-electron chi connectivity index (χ3n) is 4.74. The minimum Gasteiger partial charge on any atom is -0.353 e. The lowest BCUT2D eigenvalue weighted by molar-refractivity contribution is -0.123. The van der Waals surface area contributed by atoms with E-state index in [0.29, 0.717) is 18.7 Å². The van der Waals surface area contributed by atoms with E-state index < -0.39 is 0 Å². The van der Waals surface area contributed by atoms with Crippen molar-refractivity contribution in [2.45, 2.75) is 6.92 Å². The number of nitrogens with zero attached hydrogens (tertiary/aromatic N) is 3. The number of aromatic nitrogens is 2. The van der Waals surface area contributed by atoms with E-state index in [1.165, 1.54) is 5.56 Å².